The highest BCUT2D eigenvalue weighted by molar-refractivity contribution is 5.30. The minimum atomic E-state index is -0.873. The van der Waals surface area contributed by atoms with Crippen molar-refractivity contribution in [1.82, 2.24) is 0 Å². The van der Waals surface area contributed by atoms with Gasteiger partial charge in [0, 0.05) is 0 Å². The molecule has 1 saturated carbocycles. The first-order valence-corrected chi connectivity index (χ1v) is 5.86. The number of aryl methyl sites for hydroxylation is 1. The normalized spacial score (nSPS) is 28.3. The van der Waals surface area contributed by atoms with Crippen molar-refractivity contribution in [3.05, 3.63) is 35.1 Å². The van der Waals surface area contributed by atoms with E-state index in [0.717, 1.165) is 24.8 Å². The highest BCUT2D eigenvalue weighted by Crippen LogP contribution is 2.52. The Morgan fingerprint density at radius 2 is 1.94 bits per heavy atom. The van der Waals surface area contributed by atoms with E-state index in [9.17, 15) is 9.50 Å². The Labute approximate surface area is 96.3 Å². The van der Waals surface area contributed by atoms with Gasteiger partial charge in [0.2, 0.25) is 0 Å². The summed E-state index contributed by atoms with van der Waals surface area (Å²) in [6.45, 7) is 5.85. The Balaban J connectivity index is 2.47. The number of aliphatic hydroxyl groups is 1. The number of halogens is 1. The monoisotopic (exact) mass is 222 g/mol. The minimum absolute atomic E-state index is 0.172. The number of hydrogen-bond acceptors (Lipinski definition) is 1. The summed E-state index contributed by atoms with van der Waals surface area (Å²) >= 11 is 0. The Kier molecular flexibility index (Phi) is 2.58. The molecule has 1 aliphatic carbocycles. The van der Waals surface area contributed by atoms with Gasteiger partial charge in [0.15, 0.2) is 0 Å². The lowest BCUT2D eigenvalue weighted by Gasteiger charge is -2.37. The predicted octanol–water partition coefficient (Wildman–Crippen LogP) is 3.53. The van der Waals surface area contributed by atoms with Crippen molar-refractivity contribution >= 4 is 0 Å². The van der Waals surface area contributed by atoms with Gasteiger partial charge in [0.25, 0.3) is 0 Å². The summed E-state index contributed by atoms with van der Waals surface area (Å²) in [7, 11) is 0. The molecule has 0 heterocycles. The predicted molar refractivity (Wildman–Crippen MR) is 62.7 cm³/mol. The molecule has 0 radical (unpaired) electrons. The molecule has 1 N–H and O–H groups in total. The minimum Gasteiger partial charge on any atom is -0.385 e. The molecule has 1 nitrogen and oxygen atoms in total. The maximum absolute atomic E-state index is 13.5. The second kappa shape index (κ2) is 3.56. The molecule has 0 amide bonds. The Hall–Kier alpha value is -0.890. The Morgan fingerprint density at radius 3 is 2.44 bits per heavy atom. The van der Waals surface area contributed by atoms with Crippen LogP contribution in [-0.4, -0.2) is 5.11 Å². The van der Waals surface area contributed by atoms with Crippen molar-refractivity contribution in [3.63, 3.8) is 0 Å². The zero-order valence-corrected chi connectivity index (χ0v) is 10.2. The summed E-state index contributed by atoms with van der Waals surface area (Å²) < 4.78 is 13.5. The van der Waals surface area contributed by atoms with Gasteiger partial charge in [-0.25, -0.2) is 4.39 Å². The van der Waals surface area contributed by atoms with Crippen LogP contribution in [0.25, 0.3) is 0 Å². The molecule has 1 atom stereocenters. The first-order valence-electron chi connectivity index (χ1n) is 5.86. The van der Waals surface area contributed by atoms with E-state index in [1.165, 1.54) is 6.07 Å². The van der Waals surface area contributed by atoms with E-state index in [-0.39, 0.29) is 11.2 Å². The molecule has 0 spiro atoms. The maximum Gasteiger partial charge on any atom is 0.126 e. The zero-order valence-electron chi connectivity index (χ0n) is 10.2. The largest absolute Gasteiger partial charge is 0.385 e. The smallest absolute Gasteiger partial charge is 0.126 e. The van der Waals surface area contributed by atoms with Gasteiger partial charge in [0.05, 0.1) is 5.60 Å². The van der Waals surface area contributed by atoms with Gasteiger partial charge in [-0.2, -0.15) is 0 Å². The molecule has 1 aliphatic rings. The third-order valence-electron chi connectivity index (χ3n) is 4.11. The summed E-state index contributed by atoms with van der Waals surface area (Å²) in [6, 6.07) is 5.09. The van der Waals surface area contributed by atoms with Crippen LogP contribution < -0.4 is 0 Å². The van der Waals surface area contributed by atoms with Crippen molar-refractivity contribution in [2.45, 2.75) is 45.6 Å². The number of hydrogen-bond donors (Lipinski definition) is 1. The Bertz CT molecular complexity index is 411. The summed E-state index contributed by atoms with van der Waals surface area (Å²) in [4.78, 5) is 0. The molecular weight excluding hydrogens is 203 g/mol. The fourth-order valence-electron chi connectivity index (χ4n) is 2.72. The quantitative estimate of drug-likeness (QED) is 0.770. The van der Waals surface area contributed by atoms with Crippen LogP contribution in [0.3, 0.4) is 0 Å². The molecule has 1 aromatic rings. The average Bonchev–Trinajstić information content (AvgIpc) is 2.47. The van der Waals surface area contributed by atoms with E-state index in [4.69, 9.17) is 0 Å². The summed E-state index contributed by atoms with van der Waals surface area (Å²) in [5, 5.41) is 10.7. The SMILES string of the molecule is Cc1ccc(C2(O)CCCC2(C)C)cc1F. The van der Waals surface area contributed by atoms with Gasteiger partial charge >= 0.3 is 0 Å². The second-order valence-electron chi connectivity index (χ2n) is 5.56. The highest BCUT2D eigenvalue weighted by Gasteiger charge is 2.48. The summed E-state index contributed by atoms with van der Waals surface area (Å²) in [6.07, 6.45) is 2.71. The molecule has 0 aromatic heterocycles. The third-order valence-corrected chi connectivity index (χ3v) is 4.11. The van der Waals surface area contributed by atoms with Gasteiger partial charge in [-0.05, 0) is 48.8 Å². The fourth-order valence-corrected chi connectivity index (χ4v) is 2.72. The molecule has 0 saturated heterocycles. The van der Waals surface area contributed by atoms with Gasteiger partial charge in [-0.1, -0.05) is 26.0 Å². The molecule has 1 fully saturated rings. The van der Waals surface area contributed by atoms with Crippen LogP contribution in [0.5, 0.6) is 0 Å². The second-order valence-corrected chi connectivity index (χ2v) is 5.56. The molecule has 2 rings (SSSR count). The molecule has 1 aromatic carbocycles. The van der Waals surface area contributed by atoms with E-state index in [1.807, 2.05) is 6.07 Å². The van der Waals surface area contributed by atoms with Crippen LogP contribution in [0.4, 0.5) is 4.39 Å². The van der Waals surface area contributed by atoms with E-state index in [2.05, 4.69) is 13.8 Å². The average molecular weight is 222 g/mol. The molecule has 16 heavy (non-hydrogen) atoms. The van der Waals surface area contributed by atoms with E-state index < -0.39 is 5.60 Å². The van der Waals surface area contributed by atoms with Crippen molar-refractivity contribution in [1.29, 1.82) is 0 Å². The van der Waals surface area contributed by atoms with Crippen LogP contribution in [0.15, 0.2) is 18.2 Å². The standard InChI is InChI=1S/C14H19FO/c1-10-5-6-11(9-12(10)15)14(16)8-4-7-13(14,2)3/h5-6,9,16H,4,7-8H2,1-3H3. The van der Waals surface area contributed by atoms with E-state index >= 15 is 0 Å². The molecule has 88 valence electrons. The van der Waals surface area contributed by atoms with Gasteiger partial charge in [-0.15, -0.1) is 0 Å². The molecule has 2 heteroatoms. The molecular formula is C14H19FO. The molecule has 0 bridgehead atoms. The maximum atomic E-state index is 13.5. The first-order chi connectivity index (χ1) is 7.37. The number of benzene rings is 1. The fraction of sp³-hybridized carbons (Fsp3) is 0.571. The van der Waals surface area contributed by atoms with Crippen molar-refractivity contribution in [2.24, 2.45) is 5.41 Å². The van der Waals surface area contributed by atoms with Crippen molar-refractivity contribution in [2.75, 3.05) is 0 Å². The van der Waals surface area contributed by atoms with Gasteiger partial charge in [-0.3, -0.25) is 0 Å². The van der Waals surface area contributed by atoms with Gasteiger partial charge in [0.1, 0.15) is 5.82 Å². The van der Waals surface area contributed by atoms with Crippen molar-refractivity contribution < 1.29 is 9.50 Å². The zero-order chi connectivity index (χ0) is 12.0. The topological polar surface area (TPSA) is 20.2 Å². The van der Waals surface area contributed by atoms with E-state index in [0.29, 0.717) is 5.56 Å². The summed E-state index contributed by atoms with van der Waals surface area (Å²) in [5.41, 5.74) is 0.303. The van der Waals surface area contributed by atoms with Crippen LogP contribution in [0.1, 0.15) is 44.2 Å². The van der Waals surface area contributed by atoms with Crippen molar-refractivity contribution in [3.8, 4) is 0 Å². The van der Waals surface area contributed by atoms with Crippen LogP contribution in [-0.2, 0) is 5.60 Å². The third kappa shape index (κ3) is 1.56. The van der Waals surface area contributed by atoms with Gasteiger partial charge < -0.3 is 5.11 Å². The lowest BCUT2D eigenvalue weighted by Crippen LogP contribution is -2.37. The molecule has 1 unspecified atom stereocenters. The van der Waals surface area contributed by atoms with Crippen LogP contribution in [0, 0.1) is 18.2 Å². The Morgan fingerprint density at radius 1 is 1.25 bits per heavy atom. The van der Waals surface area contributed by atoms with Crippen LogP contribution in [0.2, 0.25) is 0 Å². The highest BCUT2D eigenvalue weighted by atomic mass is 19.1. The van der Waals surface area contributed by atoms with Crippen LogP contribution >= 0.6 is 0 Å². The molecule has 0 aliphatic heterocycles. The lowest BCUT2D eigenvalue weighted by atomic mass is 9.73. The number of rotatable bonds is 1. The van der Waals surface area contributed by atoms with E-state index in [1.54, 1.807) is 13.0 Å². The lowest BCUT2D eigenvalue weighted by molar-refractivity contribution is -0.0487. The first kappa shape index (κ1) is 11.6. The summed E-state index contributed by atoms with van der Waals surface area (Å²) in [5.74, 6) is -0.228.